The number of rotatable bonds is 5. The number of anilines is 1. The van der Waals surface area contributed by atoms with Gasteiger partial charge >= 0.3 is 0 Å². The summed E-state index contributed by atoms with van der Waals surface area (Å²) in [5.74, 6) is 0.666. The van der Waals surface area contributed by atoms with Crippen molar-refractivity contribution in [2.75, 3.05) is 12.3 Å². The number of nitrogen functional groups attached to an aromatic ring is 1. The lowest BCUT2D eigenvalue weighted by atomic mass is 10.1. The van der Waals surface area contributed by atoms with Gasteiger partial charge in [-0.15, -0.1) is 0 Å². The molecule has 4 nitrogen and oxygen atoms in total. The average Bonchev–Trinajstić information content (AvgIpc) is 2.38. The van der Waals surface area contributed by atoms with Crippen molar-refractivity contribution in [3.8, 4) is 5.75 Å². The van der Waals surface area contributed by atoms with Gasteiger partial charge in [0, 0.05) is 18.6 Å². The second-order valence-corrected chi connectivity index (χ2v) is 4.70. The van der Waals surface area contributed by atoms with Crippen molar-refractivity contribution in [3.05, 3.63) is 47.0 Å². The molecule has 2 N–H and O–H groups in total. The summed E-state index contributed by atoms with van der Waals surface area (Å²) in [6.45, 7) is 0.620. The molecule has 0 fully saturated rings. The van der Waals surface area contributed by atoms with Gasteiger partial charge in [0.05, 0.1) is 23.0 Å². The van der Waals surface area contributed by atoms with Crippen LogP contribution < -0.4 is 10.5 Å². The maximum Gasteiger partial charge on any atom is 0.159 e. The molecule has 0 aliphatic rings. The van der Waals surface area contributed by atoms with E-state index in [1.54, 1.807) is 24.8 Å². The predicted octanol–water partition coefficient (Wildman–Crippen LogP) is 2.83. The Morgan fingerprint density at radius 2 is 1.94 bits per heavy atom. The fourth-order valence-electron chi connectivity index (χ4n) is 1.59. The minimum atomic E-state index is 0.549. The number of ether oxygens (including phenoxy) is 1. The summed E-state index contributed by atoms with van der Waals surface area (Å²) in [6, 6.07) is 4.02. The number of nitrogens with two attached hydrogens (primary N) is 1. The molecular weight excluding hydrogens is 294 g/mol. The highest BCUT2D eigenvalue weighted by atomic mass is 79.9. The second-order valence-electron chi connectivity index (χ2n) is 3.85. The molecule has 0 spiro atoms. The summed E-state index contributed by atoms with van der Waals surface area (Å²) in [5.41, 5.74) is 7.60. The molecule has 0 atom stereocenters. The van der Waals surface area contributed by atoms with E-state index >= 15 is 0 Å². The van der Waals surface area contributed by atoms with E-state index in [1.165, 1.54) is 5.56 Å². The zero-order chi connectivity index (χ0) is 12.8. The maximum absolute atomic E-state index is 5.79. The van der Waals surface area contributed by atoms with E-state index in [0.29, 0.717) is 18.0 Å². The Hall–Kier alpha value is -1.62. The predicted molar refractivity (Wildman–Crippen MR) is 74.4 cm³/mol. The van der Waals surface area contributed by atoms with Crippen LogP contribution in [0.4, 0.5) is 5.69 Å². The average molecular weight is 308 g/mol. The normalized spacial score (nSPS) is 10.3. The van der Waals surface area contributed by atoms with Crippen LogP contribution in [0, 0.1) is 0 Å². The zero-order valence-corrected chi connectivity index (χ0v) is 11.4. The van der Waals surface area contributed by atoms with Gasteiger partial charge in [0.2, 0.25) is 0 Å². The van der Waals surface area contributed by atoms with E-state index in [9.17, 15) is 0 Å². The lowest BCUT2D eigenvalue weighted by molar-refractivity contribution is 0.310. The standard InChI is InChI=1S/C13H14BrN3O/c14-11-8-17-9-12(15)13(11)18-7-1-2-10-3-5-16-6-4-10/h3-6,8-9H,1-2,7,15H2. The van der Waals surface area contributed by atoms with E-state index in [2.05, 4.69) is 25.9 Å². The van der Waals surface area contributed by atoms with E-state index in [4.69, 9.17) is 10.5 Å². The fourth-order valence-corrected chi connectivity index (χ4v) is 2.05. The van der Waals surface area contributed by atoms with Crippen molar-refractivity contribution >= 4 is 21.6 Å². The van der Waals surface area contributed by atoms with Crippen molar-refractivity contribution in [2.45, 2.75) is 12.8 Å². The molecule has 0 unspecified atom stereocenters. The fraction of sp³-hybridized carbons (Fsp3) is 0.231. The Labute approximate surface area is 114 Å². The number of aryl methyl sites for hydroxylation is 1. The van der Waals surface area contributed by atoms with Gasteiger partial charge < -0.3 is 10.5 Å². The minimum Gasteiger partial charge on any atom is -0.490 e. The molecule has 0 amide bonds. The number of hydrogen-bond acceptors (Lipinski definition) is 4. The highest BCUT2D eigenvalue weighted by Crippen LogP contribution is 2.29. The summed E-state index contributed by atoms with van der Waals surface area (Å²) >= 11 is 3.37. The second kappa shape index (κ2) is 6.35. The topological polar surface area (TPSA) is 61.0 Å². The van der Waals surface area contributed by atoms with Gasteiger partial charge in [-0.25, -0.2) is 0 Å². The van der Waals surface area contributed by atoms with Gasteiger partial charge in [-0.1, -0.05) is 0 Å². The quantitative estimate of drug-likeness (QED) is 0.863. The minimum absolute atomic E-state index is 0.549. The molecule has 0 saturated heterocycles. The maximum atomic E-state index is 5.79. The summed E-state index contributed by atoms with van der Waals surface area (Å²) in [6.07, 6.45) is 8.75. The van der Waals surface area contributed by atoms with Crippen molar-refractivity contribution in [1.29, 1.82) is 0 Å². The first-order chi connectivity index (χ1) is 8.77. The van der Waals surface area contributed by atoms with Crippen LogP contribution in [0.5, 0.6) is 5.75 Å². The highest BCUT2D eigenvalue weighted by Gasteiger charge is 2.05. The molecular formula is C13H14BrN3O. The highest BCUT2D eigenvalue weighted by molar-refractivity contribution is 9.10. The van der Waals surface area contributed by atoms with Crippen LogP contribution in [0.2, 0.25) is 0 Å². The van der Waals surface area contributed by atoms with Gasteiger partial charge in [0.15, 0.2) is 5.75 Å². The summed E-state index contributed by atoms with van der Waals surface area (Å²) in [4.78, 5) is 7.94. The molecule has 5 heteroatoms. The summed E-state index contributed by atoms with van der Waals surface area (Å²) in [7, 11) is 0. The first-order valence-corrected chi connectivity index (χ1v) is 6.47. The third-order valence-electron chi connectivity index (χ3n) is 2.49. The van der Waals surface area contributed by atoms with Gasteiger partial charge in [0.25, 0.3) is 0 Å². The molecule has 2 aromatic heterocycles. The SMILES string of the molecule is Nc1cncc(Br)c1OCCCc1ccncc1. The van der Waals surface area contributed by atoms with Crippen LogP contribution in [-0.2, 0) is 6.42 Å². The Balaban J connectivity index is 1.82. The van der Waals surface area contributed by atoms with E-state index in [0.717, 1.165) is 17.3 Å². The van der Waals surface area contributed by atoms with Gasteiger partial charge in [-0.05, 0) is 46.5 Å². The molecule has 0 aliphatic carbocycles. The summed E-state index contributed by atoms with van der Waals surface area (Å²) < 4.78 is 6.45. The van der Waals surface area contributed by atoms with Gasteiger partial charge in [-0.2, -0.15) is 0 Å². The Morgan fingerprint density at radius 1 is 1.17 bits per heavy atom. The van der Waals surface area contributed by atoms with E-state index in [-0.39, 0.29) is 0 Å². The van der Waals surface area contributed by atoms with Crippen LogP contribution >= 0.6 is 15.9 Å². The molecule has 18 heavy (non-hydrogen) atoms. The van der Waals surface area contributed by atoms with Gasteiger partial charge in [-0.3, -0.25) is 9.97 Å². The molecule has 94 valence electrons. The van der Waals surface area contributed by atoms with Crippen molar-refractivity contribution in [2.24, 2.45) is 0 Å². The number of aromatic nitrogens is 2. The molecule has 0 bridgehead atoms. The molecule has 2 rings (SSSR count). The van der Waals surface area contributed by atoms with Crippen molar-refractivity contribution in [1.82, 2.24) is 9.97 Å². The first-order valence-electron chi connectivity index (χ1n) is 5.68. The smallest absolute Gasteiger partial charge is 0.159 e. The van der Waals surface area contributed by atoms with Crippen LogP contribution in [-0.4, -0.2) is 16.6 Å². The largest absolute Gasteiger partial charge is 0.490 e. The molecule has 0 radical (unpaired) electrons. The van der Waals surface area contributed by atoms with E-state index < -0.39 is 0 Å². The van der Waals surface area contributed by atoms with Crippen LogP contribution in [0.15, 0.2) is 41.4 Å². The lowest BCUT2D eigenvalue weighted by Crippen LogP contribution is -2.03. The Kier molecular flexibility index (Phi) is 4.52. The van der Waals surface area contributed by atoms with Gasteiger partial charge in [0.1, 0.15) is 0 Å². The van der Waals surface area contributed by atoms with Crippen molar-refractivity contribution < 1.29 is 4.74 Å². The first kappa shape index (κ1) is 12.8. The van der Waals surface area contributed by atoms with E-state index in [1.807, 2.05) is 12.1 Å². The monoisotopic (exact) mass is 307 g/mol. The summed E-state index contributed by atoms with van der Waals surface area (Å²) in [5, 5.41) is 0. The third kappa shape index (κ3) is 3.43. The zero-order valence-electron chi connectivity index (χ0n) is 9.84. The number of hydrogen-bond donors (Lipinski definition) is 1. The lowest BCUT2D eigenvalue weighted by Gasteiger charge is -2.10. The van der Waals surface area contributed by atoms with Crippen LogP contribution in [0.1, 0.15) is 12.0 Å². The molecule has 0 saturated carbocycles. The molecule has 2 aromatic rings. The molecule has 0 aliphatic heterocycles. The third-order valence-corrected chi connectivity index (χ3v) is 3.05. The Bertz CT molecular complexity index is 485. The number of nitrogens with zero attached hydrogens (tertiary/aromatic N) is 2. The van der Waals surface area contributed by atoms with Crippen molar-refractivity contribution in [3.63, 3.8) is 0 Å². The number of halogens is 1. The molecule has 0 aromatic carbocycles. The molecule has 2 heterocycles. The Morgan fingerprint density at radius 3 is 2.67 bits per heavy atom. The van der Waals surface area contributed by atoms with Crippen LogP contribution in [0.3, 0.4) is 0 Å². The number of pyridine rings is 2. The van der Waals surface area contributed by atoms with Crippen LogP contribution in [0.25, 0.3) is 0 Å².